The first-order valence-electron chi connectivity index (χ1n) is 7.39. The molecule has 0 amide bonds. The summed E-state index contributed by atoms with van der Waals surface area (Å²) in [6, 6.07) is 4.50. The van der Waals surface area contributed by atoms with E-state index in [1.54, 1.807) is 12.3 Å². The molecule has 1 unspecified atom stereocenters. The average molecular weight is 356 g/mol. The average Bonchev–Trinajstić information content (AvgIpc) is 2.98. The van der Waals surface area contributed by atoms with Gasteiger partial charge < -0.3 is 19.3 Å². The van der Waals surface area contributed by atoms with E-state index in [1.165, 1.54) is 12.1 Å². The molecular formula is C16H19ClFN3O3. The molecule has 1 fully saturated rings. The van der Waals surface area contributed by atoms with Gasteiger partial charge in [-0.05, 0) is 25.2 Å². The van der Waals surface area contributed by atoms with Crippen molar-refractivity contribution >= 4 is 18.1 Å². The molecule has 130 valence electrons. The second-order valence-corrected chi connectivity index (χ2v) is 5.82. The Kier molecular flexibility index (Phi) is 6.72. The summed E-state index contributed by atoms with van der Waals surface area (Å²) in [5, 5.41) is 7.38. The largest absolute Gasteiger partial charge is 0.483 e. The van der Waals surface area contributed by atoms with E-state index < -0.39 is 0 Å². The molecule has 1 N–H and O–H groups in total. The van der Waals surface area contributed by atoms with Crippen LogP contribution in [0.25, 0.3) is 11.4 Å². The molecule has 6 nitrogen and oxygen atoms in total. The minimum absolute atomic E-state index is 0.0824. The second kappa shape index (κ2) is 8.77. The molecule has 2 heterocycles. The predicted octanol–water partition coefficient (Wildman–Crippen LogP) is 2.37. The van der Waals surface area contributed by atoms with Gasteiger partial charge in [0.25, 0.3) is 6.47 Å². The lowest BCUT2D eigenvalue weighted by Gasteiger charge is -2.30. The van der Waals surface area contributed by atoms with Crippen molar-refractivity contribution in [2.75, 3.05) is 26.7 Å². The maximum absolute atomic E-state index is 14.0. The molecule has 0 radical (unpaired) electrons. The number of hydrogen-bond acceptors (Lipinski definition) is 4. The molecule has 8 heteroatoms. The Hall–Kier alpha value is -1.96. The maximum atomic E-state index is 14.0. The van der Waals surface area contributed by atoms with E-state index >= 15 is 0 Å². The molecule has 0 aliphatic carbocycles. The van der Waals surface area contributed by atoms with Gasteiger partial charge in [0, 0.05) is 30.5 Å². The number of ether oxygens (including phenoxy) is 1. The third kappa shape index (κ3) is 4.77. The number of imidazole rings is 1. The van der Waals surface area contributed by atoms with E-state index in [0.717, 1.165) is 19.7 Å². The number of carbonyl (C=O) groups is 1. The highest BCUT2D eigenvalue weighted by molar-refractivity contribution is 6.30. The van der Waals surface area contributed by atoms with Gasteiger partial charge in [-0.15, -0.1) is 0 Å². The summed E-state index contributed by atoms with van der Waals surface area (Å²) in [6.45, 7) is 2.91. The normalized spacial score (nSPS) is 17.9. The minimum atomic E-state index is -0.325. The molecule has 1 aromatic carbocycles. The smallest absolute Gasteiger partial charge is 0.290 e. The number of morpholine rings is 1. The standard InChI is InChI=1S/C15H17ClFN3O.CH2O2/c1-19-6-7-21-12(9-19)10-20-5-4-18-15(20)13-8-11(16)2-3-14(13)17;2-1-3/h2-5,8,12H,6-7,9-10H2,1H3;1H,(H,2,3). The molecular weight excluding hydrogens is 337 g/mol. The number of rotatable bonds is 3. The molecule has 0 bridgehead atoms. The Bertz CT molecular complexity index is 680. The van der Waals surface area contributed by atoms with Gasteiger partial charge in [-0.3, -0.25) is 4.79 Å². The Morgan fingerprint density at radius 1 is 1.54 bits per heavy atom. The first kappa shape index (κ1) is 18.4. The van der Waals surface area contributed by atoms with Crippen molar-refractivity contribution < 1.29 is 19.0 Å². The third-order valence-corrected chi connectivity index (χ3v) is 3.86. The highest BCUT2D eigenvalue weighted by atomic mass is 35.5. The van der Waals surface area contributed by atoms with Crippen molar-refractivity contribution in [3.63, 3.8) is 0 Å². The maximum Gasteiger partial charge on any atom is 0.290 e. The highest BCUT2D eigenvalue weighted by Crippen LogP contribution is 2.25. The number of halogens is 2. The van der Waals surface area contributed by atoms with Gasteiger partial charge in [0.2, 0.25) is 0 Å². The number of benzene rings is 1. The number of likely N-dealkylation sites (N-methyl/N-ethyl adjacent to an activating group) is 1. The van der Waals surface area contributed by atoms with Crippen LogP contribution in [0.1, 0.15) is 0 Å². The van der Waals surface area contributed by atoms with Gasteiger partial charge in [0.05, 0.1) is 24.8 Å². The lowest BCUT2D eigenvalue weighted by atomic mass is 10.2. The zero-order chi connectivity index (χ0) is 17.5. The van der Waals surface area contributed by atoms with Crippen molar-refractivity contribution in [3.8, 4) is 11.4 Å². The fourth-order valence-electron chi connectivity index (χ4n) is 2.57. The van der Waals surface area contributed by atoms with Gasteiger partial charge in [-0.2, -0.15) is 0 Å². The van der Waals surface area contributed by atoms with Crippen molar-refractivity contribution in [1.29, 1.82) is 0 Å². The van der Waals surface area contributed by atoms with E-state index in [-0.39, 0.29) is 18.4 Å². The zero-order valence-corrected chi connectivity index (χ0v) is 14.0. The summed E-state index contributed by atoms with van der Waals surface area (Å²) in [5.41, 5.74) is 0.414. The Balaban J connectivity index is 0.000000647. The van der Waals surface area contributed by atoms with Crippen molar-refractivity contribution in [3.05, 3.63) is 41.4 Å². The van der Waals surface area contributed by atoms with Crippen molar-refractivity contribution in [2.24, 2.45) is 0 Å². The highest BCUT2D eigenvalue weighted by Gasteiger charge is 2.20. The summed E-state index contributed by atoms with van der Waals surface area (Å²) in [5.74, 6) is 0.250. The van der Waals surface area contributed by atoms with Crippen LogP contribution in [0.4, 0.5) is 4.39 Å². The number of hydrogen-bond donors (Lipinski definition) is 1. The Morgan fingerprint density at radius 3 is 3.00 bits per heavy atom. The first-order valence-corrected chi connectivity index (χ1v) is 7.77. The quantitative estimate of drug-likeness (QED) is 0.856. The minimum Gasteiger partial charge on any atom is -0.483 e. The van der Waals surface area contributed by atoms with Gasteiger partial charge in [0.1, 0.15) is 11.6 Å². The lowest BCUT2D eigenvalue weighted by Crippen LogP contribution is -2.41. The van der Waals surface area contributed by atoms with Crippen molar-refractivity contribution in [1.82, 2.24) is 14.5 Å². The van der Waals surface area contributed by atoms with Gasteiger partial charge >= 0.3 is 0 Å². The lowest BCUT2D eigenvalue weighted by molar-refractivity contribution is -0.122. The van der Waals surface area contributed by atoms with Crippen LogP contribution in [-0.2, 0) is 16.1 Å². The number of aromatic nitrogens is 2. The summed E-state index contributed by atoms with van der Waals surface area (Å²) >= 11 is 5.96. The summed E-state index contributed by atoms with van der Waals surface area (Å²) in [6.07, 6.45) is 3.59. The molecule has 1 aliphatic rings. The molecule has 1 saturated heterocycles. The van der Waals surface area contributed by atoms with Crippen LogP contribution in [0, 0.1) is 5.82 Å². The second-order valence-electron chi connectivity index (χ2n) is 5.39. The molecule has 24 heavy (non-hydrogen) atoms. The van der Waals surface area contributed by atoms with E-state index in [9.17, 15) is 4.39 Å². The molecule has 1 aromatic heterocycles. The number of carboxylic acid groups (broad SMARTS) is 1. The predicted molar refractivity (Wildman–Crippen MR) is 88.6 cm³/mol. The number of nitrogens with zero attached hydrogens (tertiary/aromatic N) is 3. The van der Waals surface area contributed by atoms with Crippen LogP contribution >= 0.6 is 11.6 Å². The van der Waals surface area contributed by atoms with E-state index in [2.05, 4.69) is 16.9 Å². The van der Waals surface area contributed by atoms with Gasteiger partial charge in [-0.1, -0.05) is 11.6 Å². The molecule has 1 aliphatic heterocycles. The fourth-order valence-corrected chi connectivity index (χ4v) is 2.74. The van der Waals surface area contributed by atoms with Crippen LogP contribution in [0.3, 0.4) is 0 Å². The summed E-state index contributed by atoms with van der Waals surface area (Å²) in [4.78, 5) is 14.9. The first-order chi connectivity index (χ1) is 11.5. The van der Waals surface area contributed by atoms with E-state index in [4.69, 9.17) is 26.2 Å². The van der Waals surface area contributed by atoms with Gasteiger partial charge in [0.15, 0.2) is 0 Å². The fraction of sp³-hybridized carbons (Fsp3) is 0.375. The molecule has 1 atom stereocenters. The van der Waals surface area contributed by atoms with Crippen molar-refractivity contribution in [2.45, 2.75) is 12.6 Å². The van der Waals surface area contributed by atoms with Crippen LogP contribution in [0.2, 0.25) is 5.02 Å². The monoisotopic (exact) mass is 355 g/mol. The summed E-state index contributed by atoms with van der Waals surface area (Å²) in [7, 11) is 2.07. The van der Waals surface area contributed by atoms with Crippen LogP contribution in [0.15, 0.2) is 30.6 Å². The molecule has 3 rings (SSSR count). The third-order valence-electron chi connectivity index (χ3n) is 3.63. The Morgan fingerprint density at radius 2 is 2.29 bits per heavy atom. The molecule has 2 aromatic rings. The van der Waals surface area contributed by atoms with E-state index in [1.807, 2.05) is 10.8 Å². The molecule has 0 saturated carbocycles. The zero-order valence-electron chi connectivity index (χ0n) is 13.2. The van der Waals surface area contributed by atoms with Crippen LogP contribution in [0.5, 0.6) is 0 Å². The van der Waals surface area contributed by atoms with Crippen LogP contribution < -0.4 is 0 Å². The van der Waals surface area contributed by atoms with Crippen LogP contribution in [-0.4, -0.2) is 58.9 Å². The van der Waals surface area contributed by atoms with E-state index in [0.29, 0.717) is 23.0 Å². The summed E-state index contributed by atoms with van der Waals surface area (Å²) < 4.78 is 21.7. The SMILES string of the molecule is CN1CCOC(Cn2ccnc2-c2cc(Cl)ccc2F)C1.O=CO. The topological polar surface area (TPSA) is 67.6 Å². The van der Waals surface area contributed by atoms with Gasteiger partial charge in [-0.25, -0.2) is 9.37 Å². The molecule has 0 spiro atoms. The Labute approximate surface area is 144 Å².